The highest BCUT2D eigenvalue weighted by Gasteiger charge is 2.13. The summed E-state index contributed by atoms with van der Waals surface area (Å²) in [5.41, 5.74) is 0.867. The summed E-state index contributed by atoms with van der Waals surface area (Å²) in [6, 6.07) is 9.00. The molecule has 0 fully saturated rings. The number of aromatic hydroxyl groups is 1. The van der Waals surface area contributed by atoms with Crippen molar-refractivity contribution in [3.05, 3.63) is 57.8 Å². The molecule has 0 atom stereocenters. The number of carbonyl (C=O) groups is 1. The number of hydrogen-bond acceptors (Lipinski definition) is 2. The van der Waals surface area contributed by atoms with E-state index in [-0.39, 0.29) is 11.3 Å². The van der Waals surface area contributed by atoms with Gasteiger partial charge in [-0.3, -0.25) is 4.79 Å². The summed E-state index contributed by atoms with van der Waals surface area (Å²) >= 11 is 3.19. The molecule has 2 aromatic rings. The SMILES string of the molecule is Cc1c(F)cccc1NC(=O)c1ccc(Br)cc1O. The highest BCUT2D eigenvalue weighted by atomic mass is 79.9. The Labute approximate surface area is 118 Å². The Kier molecular flexibility index (Phi) is 3.85. The molecule has 98 valence electrons. The molecule has 0 aliphatic rings. The summed E-state index contributed by atoms with van der Waals surface area (Å²) in [5, 5.41) is 12.3. The summed E-state index contributed by atoms with van der Waals surface area (Å²) < 4.78 is 14.0. The Morgan fingerprint density at radius 3 is 2.74 bits per heavy atom. The van der Waals surface area contributed by atoms with E-state index in [1.165, 1.54) is 24.3 Å². The fraction of sp³-hybridized carbons (Fsp3) is 0.0714. The van der Waals surface area contributed by atoms with E-state index in [0.717, 1.165) is 0 Å². The Hall–Kier alpha value is -1.88. The molecule has 0 aliphatic carbocycles. The van der Waals surface area contributed by atoms with Crippen LogP contribution in [0.4, 0.5) is 10.1 Å². The molecule has 0 spiro atoms. The lowest BCUT2D eigenvalue weighted by atomic mass is 10.1. The van der Waals surface area contributed by atoms with Crippen molar-refractivity contribution in [1.82, 2.24) is 0 Å². The third-order valence-electron chi connectivity index (χ3n) is 2.72. The van der Waals surface area contributed by atoms with Gasteiger partial charge in [-0.15, -0.1) is 0 Å². The molecule has 19 heavy (non-hydrogen) atoms. The molecule has 0 aromatic heterocycles. The quantitative estimate of drug-likeness (QED) is 0.881. The topological polar surface area (TPSA) is 49.3 Å². The van der Waals surface area contributed by atoms with Crippen LogP contribution in [0.1, 0.15) is 15.9 Å². The summed E-state index contributed by atoms with van der Waals surface area (Å²) in [7, 11) is 0. The molecule has 3 nitrogen and oxygen atoms in total. The minimum absolute atomic E-state index is 0.131. The normalized spacial score (nSPS) is 10.3. The van der Waals surface area contributed by atoms with Gasteiger partial charge in [0.05, 0.1) is 5.56 Å². The number of carbonyl (C=O) groups excluding carboxylic acids is 1. The molecule has 0 saturated heterocycles. The summed E-state index contributed by atoms with van der Waals surface area (Å²) in [5.74, 6) is -1.02. The first-order chi connectivity index (χ1) is 8.99. The number of nitrogens with one attached hydrogen (secondary N) is 1. The minimum atomic E-state index is -0.487. The number of phenols is 1. The van der Waals surface area contributed by atoms with Crippen molar-refractivity contribution in [1.29, 1.82) is 0 Å². The third kappa shape index (κ3) is 2.93. The van der Waals surface area contributed by atoms with Gasteiger partial charge < -0.3 is 10.4 Å². The molecule has 2 rings (SSSR count). The number of halogens is 2. The van der Waals surface area contributed by atoms with E-state index >= 15 is 0 Å². The van der Waals surface area contributed by atoms with E-state index < -0.39 is 11.7 Å². The van der Waals surface area contributed by atoms with E-state index in [1.807, 2.05) is 0 Å². The molecule has 2 aromatic carbocycles. The molecule has 0 aliphatic heterocycles. The Balaban J connectivity index is 2.28. The smallest absolute Gasteiger partial charge is 0.259 e. The highest BCUT2D eigenvalue weighted by molar-refractivity contribution is 9.10. The average molecular weight is 324 g/mol. The van der Waals surface area contributed by atoms with E-state index in [9.17, 15) is 14.3 Å². The van der Waals surface area contributed by atoms with E-state index in [4.69, 9.17) is 0 Å². The Morgan fingerprint density at radius 2 is 2.05 bits per heavy atom. The van der Waals surface area contributed by atoms with Gasteiger partial charge in [-0.2, -0.15) is 0 Å². The van der Waals surface area contributed by atoms with Crippen LogP contribution in [-0.2, 0) is 0 Å². The van der Waals surface area contributed by atoms with Gasteiger partial charge in [0.15, 0.2) is 0 Å². The first kappa shape index (κ1) is 13.5. The van der Waals surface area contributed by atoms with E-state index in [2.05, 4.69) is 21.2 Å². The molecule has 0 saturated carbocycles. The largest absolute Gasteiger partial charge is 0.507 e. The van der Waals surface area contributed by atoms with Crippen molar-refractivity contribution in [3.8, 4) is 5.75 Å². The van der Waals surface area contributed by atoms with E-state index in [1.54, 1.807) is 19.1 Å². The minimum Gasteiger partial charge on any atom is -0.507 e. The van der Waals surface area contributed by atoms with Crippen LogP contribution >= 0.6 is 15.9 Å². The van der Waals surface area contributed by atoms with Gasteiger partial charge in [0.2, 0.25) is 0 Å². The molecule has 0 bridgehead atoms. The lowest BCUT2D eigenvalue weighted by Crippen LogP contribution is -2.13. The average Bonchev–Trinajstić information content (AvgIpc) is 2.34. The third-order valence-corrected chi connectivity index (χ3v) is 3.21. The number of anilines is 1. The fourth-order valence-electron chi connectivity index (χ4n) is 1.63. The van der Waals surface area contributed by atoms with Crippen molar-refractivity contribution >= 4 is 27.5 Å². The molecular weight excluding hydrogens is 313 g/mol. The monoisotopic (exact) mass is 323 g/mol. The van der Waals surface area contributed by atoms with Crippen molar-refractivity contribution in [2.45, 2.75) is 6.92 Å². The molecule has 2 N–H and O–H groups in total. The second-order valence-electron chi connectivity index (χ2n) is 4.03. The van der Waals surface area contributed by atoms with Crippen molar-refractivity contribution < 1.29 is 14.3 Å². The molecule has 0 unspecified atom stereocenters. The zero-order valence-corrected chi connectivity index (χ0v) is 11.7. The second kappa shape index (κ2) is 5.40. The maximum Gasteiger partial charge on any atom is 0.259 e. The molecule has 1 amide bonds. The molecule has 0 radical (unpaired) electrons. The fourth-order valence-corrected chi connectivity index (χ4v) is 1.98. The van der Waals surface area contributed by atoms with Gasteiger partial charge in [0.1, 0.15) is 11.6 Å². The van der Waals surface area contributed by atoms with Crippen LogP contribution in [0.25, 0.3) is 0 Å². The van der Waals surface area contributed by atoms with Crippen molar-refractivity contribution in [2.75, 3.05) is 5.32 Å². The zero-order chi connectivity index (χ0) is 14.0. The first-order valence-electron chi connectivity index (χ1n) is 5.54. The number of hydrogen-bond donors (Lipinski definition) is 2. The summed E-state index contributed by atoms with van der Waals surface area (Å²) in [6.45, 7) is 1.58. The standard InChI is InChI=1S/C14H11BrFNO2/c1-8-11(16)3-2-4-12(8)17-14(19)10-6-5-9(15)7-13(10)18/h2-7,18H,1H3,(H,17,19). The van der Waals surface area contributed by atoms with Gasteiger partial charge in [-0.05, 0) is 37.3 Å². The van der Waals surface area contributed by atoms with Gasteiger partial charge in [0, 0.05) is 15.7 Å². The van der Waals surface area contributed by atoms with Crippen LogP contribution in [-0.4, -0.2) is 11.0 Å². The predicted octanol–water partition coefficient (Wildman–Crippen LogP) is 3.85. The van der Waals surface area contributed by atoms with Crippen LogP contribution < -0.4 is 5.32 Å². The van der Waals surface area contributed by atoms with Gasteiger partial charge in [0.25, 0.3) is 5.91 Å². The van der Waals surface area contributed by atoms with Gasteiger partial charge >= 0.3 is 0 Å². The van der Waals surface area contributed by atoms with E-state index in [0.29, 0.717) is 15.7 Å². The number of rotatable bonds is 2. The summed E-state index contributed by atoms with van der Waals surface area (Å²) in [6.07, 6.45) is 0. The van der Waals surface area contributed by atoms with Gasteiger partial charge in [-0.1, -0.05) is 22.0 Å². The van der Waals surface area contributed by atoms with Crippen LogP contribution in [0.5, 0.6) is 5.75 Å². The second-order valence-corrected chi connectivity index (χ2v) is 4.94. The number of phenolic OH excluding ortho intramolecular Hbond substituents is 1. The van der Waals surface area contributed by atoms with Crippen molar-refractivity contribution in [3.63, 3.8) is 0 Å². The maximum atomic E-state index is 13.4. The van der Waals surface area contributed by atoms with Crippen LogP contribution in [0.3, 0.4) is 0 Å². The Bertz CT molecular complexity index is 643. The Morgan fingerprint density at radius 1 is 1.32 bits per heavy atom. The van der Waals surface area contributed by atoms with Crippen LogP contribution in [0.2, 0.25) is 0 Å². The van der Waals surface area contributed by atoms with Gasteiger partial charge in [-0.25, -0.2) is 4.39 Å². The number of benzene rings is 2. The lowest BCUT2D eigenvalue weighted by molar-refractivity contribution is 0.102. The molecular formula is C14H11BrFNO2. The van der Waals surface area contributed by atoms with Crippen LogP contribution in [0, 0.1) is 12.7 Å². The zero-order valence-electron chi connectivity index (χ0n) is 10.1. The maximum absolute atomic E-state index is 13.4. The van der Waals surface area contributed by atoms with Crippen molar-refractivity contribution in [2.24, 2.45) is 0 Å². The summed E-state index contributed by atoms with van der Waals surface area (Å²) in [4.78, 5) is 12.0. The van der Waals surface area contributed by atoms with Crippen LogP contribution in [0.15, 0.2) is 40.9 Å². The predicted molar refractivity (Wildman–Crippen MR) is 74.9 cm³/mol. The lowest BCUT2D eigenvalue weighted by Gasteiger charge is -2.10. The highest BCUT2D eigenvalue weighted by Crippen LogP contribution is 2.24. The number of amides is 1. The molecule has 0 heterocycles. The molecule has 5 heteroatoms. The first-order valence-corrected chi connectivity index (χ1v) is 6.33.